The van der Waals surface area contributed by atoms with Crippen LogP contribution in [0.4, 0.5) is 24.8 Å². The lowest BCUT2D eigenvalue weighted by atomic mass is 9.89. The molecule has 0 saturated carbocycles. The summed E-state index contributed by atoms with van der Waals surface area (Å²) in [6.07, 6.45) is 1.57. The van der Waals surface area contributed by atoms with E-state index < -0.39 is 28.9 Å². The molecule has 0 unspecified atom stereocenters. The van der Waals surface area contributed by atoms with E-state index in [1.807, 2.05) is 4.90 Å². The highest BCUT2D eigenvalue weighted by molar-refractivity contribution is 5.93. The van der Waals surface area contributed by atoms with E-state index in [0.717, 1.165) is 12.1 Å². The van der Waals surface area contributed by atoms with Crippen LogP contribution < -0.4 is 22.1 Å². The zero-order valence-corrected chi connectivity index (χ0v) is 17.0. The Morgan fingerprint density at radius 1 is 1.09 bits per heavy atom. The second-order valence-electron chi connectivity index (χ2n) is 7.93. The number of hydrogen-bond acceptors (Lipinski definition) is 6. The number of benzene rings is 2. The van der Waals surface area contributed by atoms with Crippen LogP contribution in [-0.4, -0.2) is 34.5 Å². The van der Waals surface area contributed by atoms with Gasteiger partial charge in [-0.15, -0.1) is 0 Å². The highest BCUT2D eigenvalue weighted by atomic mass is 19.1. The first-order valence-corrected chi connectivity index (χ1v) is 9.85. The smallest absolute Gasteiger partial charge is 0.251 e. The molecule has 32 heavy (non-hydrogen) atoms. The summed E-state index contributed by atoms with van der Waals surface area (Å²) in [6.45, 7) is 0.664. The zero-order valence-electron chi connectivity index (χ0n) is 17.0. The number of hydrogen-bond donors (Lipinski definition) is 3. The quantitative estimate of drug-likeness (QED) is 0.557. The van der Waals surface area contributed by atoms with Crippen LogP contribution in [0.2, 0.25) is 0 Å². The molecular weight excluding hydrogens is 421 g/mol. The van der Waals surface area contributed by atoms with Gasteiger partial charge in [-0.1, -0.05) is 12.1 Å². The summed E-state index contributed by atoms with van der Waals surface area (Å²) in [4.78, 5) is 21.7. The second kappa shape index (κ2) is 8.12. The average Bonchev–Trinajstić information content (AvgIpc) is 3.13. The Morgan fingerprint density at radius 3 is 2.50 bits per heavy atom. The lowest BCUT2D eigenvalue weighted by molar-refractivity contribution is 0.0996. The number of nitrogens with two attached hydrogens (primary N) is 3. The van der Waals surface area contributed by atoms with Crippen LogP contribution in [0.15, 0.2) is 42.7 Å². The molecule has 1 fully saturated rings. The lowest BCUT2D eigenvalue weighted by Crippen LogP contribution is -2.45. The van der Waals surface area contributed by atoms with Gasteiger partial charge in [-0.05, 0) is 42.7 Å². The van der Waals surface area contributed by atoms with E-state index in [4.69, 9.17) is 17.2 Å². The molecule has 0 spiro atoms. The number of rotatable bonds is 5. The summed E-state index contributed by atoms with van der Waals surface area (Å²) < 4.78 is 42.5. The van der Waals surface area contributed by atoms with E-state index >= 15 is 0 Å². The fraction of sp³-hybridized carbons (Fsp3) is 0.227. The monoisotopic (exact) mass is 442 g/mol. The number of halogens is 3. The Kier molecular flexibility index (Phi) is 5.47. The topological polar surface area (TPSA) is 124 Å². The van der Waals surface area contributed by atoms with E-state index in [9.17, 15) is 18.0 Å². The zero-order chi connectivity index (χ0) is 23.0. The fourth-order valence-electron chi connectivity index (χ4n) is 4.05. The molecule has 1 aromatic heterocycles. The van der Waals surface area contributed by atoms with Crippen molar-refractivity contribution in [2.45, 2.75) is 18.4 Å². The summed E-state index contributed by atoms with van der Waals surface area (Å²) in [5.41, 5.74) is 17.2. The number of nitrogen functional groups attached to an aromatic ring is 1. The number of carbonyl (C=O) groups is 1. The maximum absolute atomic E-state index is 14.7. The molecule has 4 rings (SSSR count). The second-order valence-corrected chi connectivity index (χ2v) is 7.93. The Hall–Kier alpha value is -3.66. The predicted octanol–water partition coefficient (Wildman–Crippen LogP) is 2.39. The summed E-state index contributed by atoms with van der Waals surface area (Å²) in [5, 5.41) is 0. The van der Waals surface area contributed by atoms with Crippen molar-refractivity contribution in [2.24, 2.45) is 11.5 Å². The van der Waals surface area contributed by atoms with E-state index in [2.05, 4.69) is 9.97 Å². The van der Waals surface area contributed by atoms with Crippen molar-refractivity contribution in [1.29, 1.82) is 0 Å². The third-order valence-electron chi connectivity index (χ3n) is 5.65. The molecule has 10 heteroatoms. The summed E-state index contributed by atoms with van der Waals surface area (Å²) >= 11 is 0. The molecule has 3 aromatic rings. The Labute approximate surface area is 182 Å². The molecule has 6 N–H and O–H groups in total. The van der Waals surface area contributed by atoms with Gasteiger partial charge in [0.25, 0.3) is 5.91 Å². The molecule has 166 valence electrons. The Balaban J connectivity index is 1.65. The van der Waals surface area contributed by atoms with Gasteiger partial charge in [0.15, 0.2) is 0 Å². The van der Waals surface area contributed by atoms with E-state index in [1.165, 1.54) is 18.5 Å². The van der Waals surface area contributed by atoms with Crippen LogP contribution in [0, 0.1) is 17.5 Å². The maximum Gasteiger partial charge on any atom is 0.251 e. The van der Waals surface area contributed by atoms with Crippen LogP contribution in [0.5, 0.6) is 0 Å². The molecule has 1 aliphatic rings. The number of anilines is 2. The van der Waals surface area contributed by atoms with Gasteiger partial charge in [-0.25, -0.2) is 23.1 Å². The van der Waals surface area contributed by atoms with Crippen molar-refractivity contribution in [3.8, 4) is 11.1 Å². The summed E-state index contributed by atoms with van der Waals surface area (Å²) in [6, 6.07) is 7.77. The van der Waals surface area contributed by atoms with Crippen molar-refractivity contribution in [2.75, 3.05) is 23.7 Å². The van der Waals surface area contributed by atoms with Crippen LogP contribution in [0.1, 0.15) is 22.3 Å². The normalized spacial score (nSPS) is 18.2. The van der Waals surface area contributed by atoms with Gasteiger partial charge in [0.2, 0.25) is 0 Å². The van der Waals surface area contributed by atoms with Gasteiger partial charge < -0.3 is 22.1 Å². The van der Waals surface area contributed by atoms with E-state index in [1.54, 1.807) is 12.1 Å². The van der Waals surface area contributed by atoms with Gasteiger partial charge in [0.1, 0.15) is 35.4 Å². The van der Waals surface area contributed by atoms with E-state index in [-0.39, 0.29) is 29.9 Å². The van der Waals surface area contributed by atoms with Crippen molar-refractivity contribution in [3.05, 3.63) is 71.3 Å². The molecule has 0 radical (unpaired) electrons. The van der Waals surface area contributed by atoms with Gasteiger partial charge in [-0.3, -0.25) is 4.79 Å². The minimum Gasteiger partial charge on any atom is -0.383 e. The molecular formula is C22H21F3N6O. The van der Waals surface area contributed by atoms with Gasteiger partial charge in [0, 0.05) is 24.2 Å². The molecule has 1 amide bonds. The molecule has 0 aliphatic carbocycles. The van der Waals surface area contributed by atoms with E-state index in [0.29, 0.717) is 29.9 Å². The lowest BCUT2D eigenvalue weighted by Gasteiger charge is -2.27. The SMILES string of the molecule is NC(=O)c1ccc(F)c(C[C@@]2(N)CCN(c3ncnc(N)c3-c3ccc(F)cc3)C2)c1F. The predicted molar refractivity (Wildman–Crippen MR) is 114 cm³/mol. The first-order chi connectivity index (χ1) is 15.2. The Bertz CT molecular complexity index is 1190. The van der Waals surface area contributed by atoms with Crippen LogP contribution in [0.3, 0.4) is 0 Å². The van der Waals surface area contributed by atoms with Crippen LogP contribution >= 0.6 is 0 Å². The minimum absolute atomic E-state index is 0.144. The number of aromatic nitrogens is 2. The standard InChI is InChI=1S/C22H21F3N6O/c23-13-3-1-12(2-4-13)17-19(26)29-11-30-21(17)31-8-7-22(28,10-31)9-15-16(24)6-5-14(18(15)25)20(27)32/h1-6,11H,7-10,28H2,(H2,27,32)(H2,26,29,30)/t22-/m0/s1. The fourth-order valence-corrected chi connectivity index (χ4v) is 4.05. The third kappa shape index (κ3) is 3.96. The first-order valence-electron chi connectivity index (χ1n) is 9.85. The van der Waals surface area contributed by atoms with Crippen molar-refractivity contribution >= 4 is 17.5 Å². The summed E-state index contributed by atoms with van der Waals surface area (Å²) in [5.74, 6) is -2.47. The average molecular weight is 442 g/mol. The Morgan fingerprint density at radius 2 is 1.81 bits per heavy atom. The van der Waals surface area contributed by atoms with Crippen molar-refractivity contribution in [1.82, 2.24) is 9.97 Å². The van der Waals surface area contributed by atoms with Gasteiger partial charge in [0.05, 0.1) is 11.1 Å². The van der Waals surface area contributed by atoms with Crippen molar-refractivity contribution in [3.63, 3.8) is 0 Å². The molecule has 0 bridgehead atoms. The molecule has 1 saturated heterocycles. The number of primary amides is 1. The highest BCUT2D eigenvalue weighted by Crippen LogP contribution is 2.37. The first kappa shape index (κ1) is 21.6. The molecule has 1 atom stereocenters. The number of amides is 1. The van der Waals surface area contributed by atoms with Gasteiger partial charge >= 0.3 is 0 Å². The molecule has 2 aromatic carbocycles. The largest absolute Gasteiger partial charge is 0.383 e. The number of carbonyl (C=O) groups excluding carboxylic acids is 1. The minimum atomic E-state index is -1.00. The third-order valence-corrected chi connectivity index (χ3v) is 5.65. The van der Waals surface area contributed by atoms with Crippen LogP contribution in [-0.2, 0) is 6.42 Å². The molecule has 7 nitrogen and oxygen atoms in total. The molecule has 1 aliphatic heterocycles. The maximum atomic E-state index is 14.7. The summed E-state index contributed by atoms with van der Waals surface area (Å²) in [7, 11) is 0. The number of nitrogens with zero attached hydrogens (tertiary/aromatic N) is 3. The molecule has 2 heterocycles. The van der Waals surface area contributed by atoms with Gasteiger partial charge in [-0.2, -0.15) is 0 Å². The van der Waals surface area contributed by atoms with Crippen LogP contribution in [0.25, 0.3) is 11.1 Å². The highest BCUT2D eigenvalue weighted by Gasteiger charge is 2.38. The van der Waals surface area contributed by atoms with Crippen molar-refractivity contribution < 1.29 is 18.0 Å².